The molecule has 2 aromatic carbocycles. The molecule has 3 nitrogen and oxygen atoms in total. The fourth-order valence-corrected chi connectivity index (χ4v) is 2.75. The zero-order valence-corrected chi connectivity index (χ0v) is 11.8. The lowest BCUT2D eigenvalue weighted by Crippen LogP contribution is -2.21. The second-order valence-corrected chi connectivity index (χ2v) is 5.45. The zero-order valence-electron chi connectivity index (χ0n) is 11.0. The fourth-order valence-electron chi connectivity index (χ4n) is 2.19. The number of nitrogens with zero attached hydrogens (tertiary/aromatic N) is 1. The van der Waals surface area contributed by atoms with Crippen LogP contribution in [0.4, 0.5) is 0 Å². The Labute approximate surface area is 121 Å². The van der Waals surface area contributed by atoms with Crippen molar-refractivity contribution < 1.29 is 5.11 Å². The summed E-state index contributed by atoms with van der Waals surface area (Å²) in [6, 6.07) is 14.3. The Balaban J connectivity index is 1.64. The molecule has 0 aliphatic carbocycles. The van der Waals surface area contributed by atoms with Gasteiger partial charge in [0.1, 0.15) is 0 Å². The van der Waals surface area contributed by atoms with E-state index in [-0.39, 0.29) is 0 Å². The predicted molar refractivity (Wildman–Crippen MR) is 82.7 cm³/mol. The monoisotopic (exact) mass is 284 g/mol. The Morgan fingerprint density at radius 3 is 2.80 bits per heavy atom. The second kappa shape index (κ2) is 6.13. The van der Waals surface area contributed by atoms with Gasteiger partial charge in [-0.1, -0.05) is 36.4 Å². The van der Waals surface area contributed by atoms with Crippen LogP contribution in [0.25, 0.3) is 10.8 Å². The minimum Gasteiger partial charge on any atom is -0.387 e. The van der Waals surface area contributed by atoms with Crippen molar-refractivity contribution in [2.24, 2.45) is 0 Å². The van der Waals surface area contributed by atoms with Crippen molar-refractivity contribution in [3.05, 3.63) is 64.6 Å². The molecule has 20 heavy (non-hydrogen) atoms. The van der Waals surface area contributed by atoms with Crippen molar-refractivity contribution in [3.63, 3.8) is 0 Å². The third kappa shape index (κ3) is 3.04. The maximum Gasteiger partial charge on any atom is 0.0914 e. The van der Waals surface area contributed by atoms with E-state index in [1.807, 2.05) is 41.2 Å². The van der Waals surface area contributed by atoms with Crippen LogP contribution in [0.2, 0.25) is 0 Å². The molecule has 0 fully saturated rings. The van der Waals surface area contributed by atoms with E-state index in [1.54, 1.807) is 11.3 Å². The van der Waals surface area contributed by atoms with Crippen LogP contribution in [-0.2, 0) is 6.54 Å². The molecular weight excluding hydrogens is 268 g/mol. The van der Waals surface area contributed by atoms with Crippen LogP contribution in [0, 0.1) is 0 Å². The Morgan fingerprint density at radius 2 is 2.00 bits per heavy atom. The van der Waals surface area contributed by atoms with Crippen LogP contribution in [0.5, 0.6) is 0 Å². The van der Waals surface area contributed by atoms with Crippen LogP contribution >= 0.6 is 11.3 Å². The van der Waals surface area contributed by atoms with Gasteiger partial charge in [-0.2, -0.15) is 0 Å². The van der Waals surface area contributed by atoms with Gasteiger partial charge in [-0.05, 0) is 22.4 Å². The quantitative estimate of drug-likeness (QED) is 0.756. The first kappa shape index (κ1) is 13.2. The normalized spacial score (nSPS) is 12.7. The van der Waals surface area contributed by atoms with Crippen LogP contribution in [0.3, 0.4) is 0 Å². The lowest BCUT2D eigenvalue weighted by Gasteiger charge is -2.12. The first-order valence-corrected chi connectivity index (χ1v) is 7.52. The van der Waals surface area contributed by atoms with Crippen molar-refractivity contribution >= 4 is 22.1 Å². The average Bonchev–Trinajstić information content (AvgIpc) is 3.00. The lowest BCUT2D eigenvalue weighted by molar-refractivity contribution is 0.174. The summed E-state index contributed by atoms with van der Waals surface area (Å²) in [6.07, 6.45) is -0.502. The second-order valence-electron chi connectivity index (χ2n) is 4.73. The summed E-state index contributed by atoms with van der Waals surface area (Å²) in [5, 5.41) is 17.8. The van der Waals surface area contributed by atoms with Crippen molar-refractivity contribution in [2.45, 2.75) is 12.6 Å². The van der Waals surface area contributed by atoms with Gasteiger partial charge in [0.25, 0.3) is 0 Å². The molecule has 1 heterocycles. The summed E-state index contributed by atoms with van der Waals surface area (Å²) in [4.78, 5) is 4.20. The van der Waals surface area contributed by atoms with E-state index in [2.05, 4.69) is 22.4 Å². The van der Waals surface area contributed by atoms with Crippen molar-refractivity contribution in [1.29, 1.82) is 0 Å². The number of thiazole rings is 1. The summed E-state index contributed by atoms with van der Waals surface area (Å²) in [6.45, 7) is 1.21. The lowest BCUT2D eigenvalue weighted by atomic mass is 10.0. The predicted octanol–water partition coefficient (Wildman–Crippen LogP) is 3.12. The number of fused-ring (bicyclic) bond motifs is 1. The fraction of sp³-hybridized carbons (Fsp3) is 0.188. The van der Waals surface area contributed by atoms with Crippen molar-refractivity contribution in [3.8, 4) is 0 Å². The van der Waals surface area contributed by atoms with Gasteiger partial charge in [-0.3, -0.25) is 0 Å². The molecule has 1 aromatic heterocycles. The maximum absolute atomic E-state index is 10.2. The van der Waals surface area contributed by atoms with Gasteiger partial charge in [0.15, 0.2) is 0 Å². The molecule has 1 atom stereocenters. The number of hydrogen-bond acceptors (Lipinski definition) is 4. The van der Waals surface area contributed by atoms with Crippen molar-refractivity contribution in [1.82, 2.24) is 10.3 Å². The van der Waals surface area contributed by atoms with Crippen LogP contribution in [0.15, 0.2) is 53.4 Å². The molecule has 0 spiro atoms. The Kier molecular flexibility index (Phi) is 4.06. The SMILES string of the molecule is OC(CNCc1cscn1)c1ccc2ccccc2c1. The number of aliphatic hydroxyl groups excluding tert-OH is 1. The van der Waals surface area contributed by atoms with Gasteiger partial charge in [0.05, 0.1) is 17.3 Å². The molecule has 1 unspecified atom stereocenters. The molecule has 0 aliphatic rings. The van der Waals surface area contributed by atoms with Gasteiger partial charge < -0.3 is 10.4 Å². The van der Waals surface area contributed by atoms with Crippen LogP contribution in [0.1, 0.15) is 17.4 Å². The standard InChI is InChI=1S/C16H16N2OS/c19-16(9-17-8-15-10-20-11-18-15)14-6-5-12-3-1-2-4-13(12)7-14/h1-7,10-11,16-17,19H,8-9H2. The zero-order chi connectivity index (χ0) is 13.8. The van der Waals surface area contributed by atoms with Gasteiger partial charge in [-0.15, -0.1) is 11.3 Å². The molecule has 102 valence electrons. The highest BCUT2D eigenvalue weighted by atomic mass is 32.1. The first-order valence-electron chi connectivity index (χ1n) is 6.57. The van der Waals surface area contributed by atoms with E-state index in [0.717, 1.165) is 16.6 Å². The molecule has 4 heteroatoms. The molecule has 2 N–H and O–H groups in total. The molecule has 0 saturated carbocycles. The summed E-state index contributed by atoms with van der Waals surface area (Å²) in [5.41, 5.74) is 3.77. The summed E-state index contributed by atoms with van der Waals surface area (Å²) < 4.78 is 0. The van der Waals surface area contributed by atoms with Crippen LogP contribution < -0.4 is 5.32 Å². The Morgan fingerprint density at radius 1 is 1.15 bits per heavy atom. The topological polar surface area (TPSA) is 45.1 Å². The maximum atomic E-state index is 10.2. The highest BCUT2D eigenvalue weighted by Crippen LogP contribution is 2.20. The minimum absolute atomic E-state index is 0.502. The Bertz CT molecular complexity index is 682. The number of aliphatic hydroxyl groups is 1. The molecule has 0 amide bonds. The molecular formula is C16H16N2OS. The molecule has 0 radical (unpaired) electrons. The van der Waals surface area contributed by atoms with Gasteiger partial charge >= 0.3 is 0 Å². The van der Waals surface area contributed by atoms with E-state index in [4.69, 9.17) is 0 Å². The molecule has 0 aliphatic heterocycles. The smallest absolute Gasteiger partial charge is 0.0914 e. The molecule has 0 bridgehead atoms. The third-order valence-corrected chi connectivity index (χ3v) is 3.92. The highest BCUT2D eigenvalue weighted by molar-refractivity contribution is 7.07. The van der Waals surface area contributed by atoms with Gasteiger partial charge in [0.2, 0.25) is 0 Å². The van der Waals surface area contributed by atoms with E-state index in [9.17, 15) is 5.11 Å². The van der Waals surface area contributed by atoms with Crippen molar-refractivity contribution in [2.75, 3.05) is 6.54 Å². The third-order valence-electron chi connectivity index (χ3n) is 3.29. The summed E-state index contributed by atoms with van der Waals surface area (Å²) in [7, 11) is 0. The number of nitrogens with one attached hydrogen (secondary N) is 1. The molecule has 0 saturated heterocycles. The summed E-state index contributed by atoms with van der Waals surface area (Å²) in [5.74, 6) is 0. The van der Waals surface area contributed by atoms with Gasteiger partial charge in [0, 0.05) is 18.5 Å². The van der Waals surface area contributed by atoms with E-state index in [1.165, 1.54) is 5.39 Å². The number of hydrogen-bond donors (Lipinski definition) is 2. The minimum atomic E-state index is -0.502. The largest absolute Gasteiger partial charge is 0.387 e. The number of aromatic nitrogens is 1. The van der Waals surface area contributed by atoms with E-state index >= 15 is 0 Å². The van der Waals surface area contributed by atoms with Gasteiger partial charge in [-0.25, -0.2) is 4.98 Å². The number of rotatable bonds is 5. The average molecular weight is 284 g/mol. The first-order chi connectivity index (χ1) is 9.83. The van der Waals surface area contributed by atoms with Crippen LogP contribution in [-0.4, -0.2) is 16.6 Å². The summed E-state index contributed by atoms with van der Waals surface area (Å²) >= 11 is 1.58. The van der Waals surface area contributed by atoms with E-state index < -0.39 is 6.10 Å². The number of benzene rings is 2. The highest BCUT2D eigenvalue weighted by Gasteiger charge is 2.08. The molecule has 3 rings (SSSR count). The Hall–Kier alpha value is -1.75. The van der Waals surface area contributed by atoms with E-state index in [0.29, 0.717) is 13.1 Å². The molecule has 3 aromatic rings.